The molecule has 0 bridgehead atoms. The zero-order valence-electron chi connectivity index (χ0n) is 10.4. The van der Waals surface area contributed by atoms with Gasteiger partial charge in [-0.15, -0.1) is 0 Å². The Morgan fingerprint density at radius 3 is 2.89 bits per heavy atom. The van der Waals surface area contributed by atoms with Crippen LogP contribution < -0.4 is 5.73 Å². The summed E-state index contributed by atoms with van der Waals surface area (Å²) >= 11 is 0. The van der Waals surface area contributed by atoms with Gasteiger partial charge in [-0.25, -0.2) is 0 Å². The van der Waals surface area contributed by atoms with Gasteiger partial charge in [0, 0.05) is 43.9 Å². The van der Waals surface area contributed by atoms with Crippen molar-refractivity contribution in [3.8, 4) is 0 Å². The average molecular weight is 242 g/mol. The van der Waals surface area contributed by atoms with E-state index in [-0.39, 0.29) is 0 Å². The van der Waals surface area contributed by atoms with Gasteiger partial charge in [0.1, 0.15) is 0 Å². The molecule has 2 aromatic rings. The van der Waals surface area contributed by atoms with Crippen LogP contribution in [0.3, 0.4) is 0 Å². The van der Waals surface area contributed by atoms with E-state index in [1.807, 2.05) is 0 Å². The molecule has 4 nitrogen and oxygen atoms in total. The molecule has 0 saturated carbocycles. The molecule has 4 heteroatoms. The summed E-state index contributed by atoms with van der Waals surface area (Å²) in [5.41, 5.74) is 10.7. The Bertz CT molecular complexity index is 504. The maximum absolute atomic E-state index is 5.72. The van der Waals surface area contributed by atoms with Crippen LogP contribution in [0.25, 0.3) is 0 Å². The minimum atomic E-state index is 0.519. The van der Waals surface area contributed by atoms with Crippen molar-refractivity contribution in [1.82, 2.24) is 15.1 Å². The minimum absolute atomic E-state index is 0.519. The fourth-order valence-corrected chi connectivity index (χ4v) is 2.56. The number of aromatic amines is 1. The van der Waals surface area contributed by atoms with Gasteiger partial charge in [-0.1, -0.05) is 30.3 Å². The molecular formula is C14H18N4. The molecule has 1 aromatic heterocycles. The lowest BCUT2D eigenvalue weighted by molar-refractivity contribution is 0.244. The standard InChI is InChI=1S/C14H18N4/c15-8-14-12-10-18(7-6-13(12)16-17-14)9-11-4-2-1-3-5-11/h1-5H,6-10,15H2,(H,16,17). The third-order valence-corrected chi connectivity index (χ3v) is 3.54. The second-order valence-corrected chi connectivity index (χ2v) is 4.78. The van der Waals surface area contributed by atoms with Gasteiger partial charge < -0.3 is 5.73 Å². The normalized spacial score (nSPS) is 15.6. The second-order valence-electron chi connectivity index (χ2n) is 4.78. The van der Waals surface area contributed by atoms with Gasteiger partial charge in [0.25, 0.3) is 0 Å². The Hall–Kier alpha value is -1.65. The third-order valence-electron chi connectivity index (χ3n) is 3.54. The number of hydrogen-bond acceptors (Lipinski definition) is 3. The van der Waals surface area contributed by atoms with Gasteiger partial charge >= 0.3 is 0 Å². The molecular weight excluding hydrogens is 224 g/mol. The van der Waals surface area contributed by atoms with E-state index in [2.05, 4.69) is 45.4 Å². The topological polar surface area (TPSA) is 57.9 Å². The number of nitrogens with zero attached hydrogens (tertiary/aromatic N) is 2. The van der Waals surface area contributed by atoms with Crippen LogP contribution in [-0.4, -0.2) is 21.6 Å². The van der Waals surface area contributed by atoms with Crippen molar-refractivity contribution in [2.24, 2.45) is 5.73 Å². The van der Waals surface area contributed by atoms with Gasteiger partial charge in [-0.2, -0.15) is 5.10 Å². The predicted molar refractivity (Wildman–Crippen MR) is 70.7 cm³/mol. The summed E-state index contributed by atoms with van der Waals surface area (Å²) in [7, 11) is 0. The monoisotopic (exact) mass is 242 g/mol. The lowest BCUT2D eigenvalue weighted by atomic mass is 10.0. The van der Waals surface area contributed by atoms with E-state index in [0.29, 0.717) is 6.54 Å². The third kappa shape index (κ3) is 2.17. The first-order valence-corrected chi connectivity index (χ1v) is 6.38. The van der Waals surface area contributed by atoms with E-state index in [1.54, 1.807) is 0 Å². The molecule has 1 aromatic carbocycles. The highest BCUT2D eigenvalue weighted by Gasteiger charge is 2.21. The summed E-state index contributed by atoms with van der Waals surface area (Å²) in [6, 6.07) is 10.6. The second kappa shape index (κ2) is 4.92. The summed E-state index contributed by atoms with van der Waals surface area (Å²) in [5.74, 6) is 0. The zero-order valence-corrected chi connectivity index (χ0v) is 10.4. The maximum Gasteiger partial charge on any atom is 0.0805 e. The summed E-state index contributed by atoms with van der Waals surface area (Å²) in [6.45, 7) is 3.54. The molecule has 0 atom stereocenters. The van der Waals surface area contributed by atoms with E-state index in [4.69, 9.17) is 5.73 Å². The van der Waals surface area contributed by atoms with Crippen LogP contribution in [0.4, 0.5) is 0 Å². The van der Waals surface area contributed by atoms with Crippen molar-refractivity contribution in [3.63, 3.8) is 0 Å². The largest absolute Gasteiger partial charge is 0.325 e. The Morgan fingerprint density at radius 2 is 2.11 bits per heavy atom. The highest BCUT2D eigenvalue weighted by Crippen LogP contribution is 2.21. The first kappa shape index (κ1) is 11.4. The molecule has 0 spiro atoms. The lowest BCUT2D eigenvalue weighted by Crippen LogP contribution is -2.30. The highest BCUT2D eigenvalue weighted by atomic mass is 15.2. The SMILES string of the molecule is NCc1n[nH]c2c1CN(Cc1ccccc1)CC2. The molecule has 3 N–H and O–H groups in total. The molecule has 1 aliphatic heterocycles. The van der Waals surface area contributed by atoms with Crippen LogP contribution in [0, 0.1) is 0 Å². The number of hydrogen-bond donors (Lipinski definition) is 2. The Balaban J connectivity index is 1.74. The van der Waals surface area contributed by atoms with Crippen molar-refractivity contribution < 1.29 is 0 Å². The van der Waals surface area contributed by atoms with E-state index >= 15 is 0 Å². The first-order chi connectivity index (χ1) is 8.86. The first-order valence-electron chi connectivity index (χ1n) is 6.38. The van der Waals surface area contributed by atoms with Gasteiger partial charge in [-0.05, 0) is 5.56 Å². The van der Waals surface area contributed by atoms with E-state index in [0.717, 1.165) is 31.7 Å². The summed E-state index contributed by atoms with van der Waals surface area (Å²) in [6.07, 6.45) is 1.04. The van der Waals surface area contributed by atoms with Crippen LogP contribution >= 0.6 is 0 Å². The van der Waals surface area contributed by atoms with Gasteiger partial charge in [0.15, 0.2) is 0 Å². The molecule has 0 fully saturated rings. The smallest absolute Gasteiger partial charge is 0.0805 e. The molecule has 0 radical (unpaired) electrons. The molecule has 2 heterocycles. The van der Waals surface area contributed by atoms with Crippen LogP contribution in [-0.2, 0) is 26.1 Å². The van der Waals surface area contributed by atoms with E-state index < -0.39 is 0 Å². The number of rotatable bonds is 3. The number of fused-ring (bicyclic) bond motifs is 1. The Morgan fingerprint density at radius 1 is 1.28 bits per heavy atom. The fourth-order valence-electron chi connectivity index (χ4n) is 2.56. The molecule has 0 amide bonds. The lowest BCUT2D eigenvalue weighted by Gasteiger charge is -2.27. The van der Waals surface area contributed by atoms with Crippen LogP contribution in [0.15, 0.2) is 30.3 Å². The molecule has 1 aliphatic rings. The molecule has 0 saturated heterocycles. The van der Waals surface area contributed by atoms with Gasteiger partial charge in [0.2, 0.25) is 0 Å². The van der Waals surface area contributed by atoms with Crippen LogP contribution in [0.5, 0.6) is 0 Å². The van der Waals surface area contributed by atoms with Crippen molar-refractivity contribution in [2.75, 3.05) is 6.54 Å². The molecule has 0 aliphatic carbocycles. The van der Waals surface area contributed by atoms with Crippen LogP contribution in [0.1, 0.15) is 22.5 Å². The summed E-state index contributed by atoms with van der Waals surface area (Å²) in [5, 5.41) is 7.39. The Kier molecular flexibility index (Phi) is 3.13. The highest BCUT2D eigenvalue weighted by molar-refractivity contribution is 5.28. The van der Waals surface area contributed by atoms with Gasteiger partial charge in [-0.3, -0.25) is 10.00 Å². The number of nitrogens with two attached hydrogens (primary N) is 1. The molecule has 0 unspecified atom stereocenters. The molecule has 18 heavy (non-hydrogen) atoms. The Labute approximate surface area is 107 Å². The molecule has 94 valence electrons. The quantitative estimate of drug-likeness (QED) is 0.856. The fraction of sp³-hybridized carbons (Fsp3) is 0.357. The predicted octanol–water partition coefficient (Wildman–Crippen LogP) is 1.43. The van der Waals surface area contributed by atoms with Crippen molar-refractivity contribution in [3.05, 3.63) is 52.8 Å². The van der Waals surface area contributed by atoms with Crippen molar-refractivity contribution in [2.45, 2.75) is 26.1 Å². The van der Waals surface area contributed by atoms with E-state index in [1.165, 1.54) is 16.8 Å². The number of benzene rings is 1. The molecule has 3 rings (SSSR count). The number of H-pyrrole nitrogens is 1. The van der Waals surface area contributed by atoms with Crippen molar-refractivity contribution in [1.29, 1.82) is 0 Å². The van der Waals surface area contributed by atoms with Gasteiger partial charge in [0.05, 0.1) is 5.69 Å². The summed E-state index contributed by atoms with van der Waals surface area (Å²) < 4.78 is 0. The zero-order chi connectivity index (χ0) is 12.4. The maximum atomic E-state index is 5.72. The summed E-state index contributed by atoms with van der Waals surface area (Å²) in [4.78, 5) is 2.45. The number of nitrogens with one attached hydrogen (secondary N) is 1. The minimum Gasteiger partial charge on any atom is -0.325 e. The van der Waals surface area contributed by atoms with E-state index in [9.17, 15) is 0 Å². The van der Waals surface area contributed by atoms with Crippen molar-refractivity contribution >= 4 is 0 Å². The number of aromatic nitrogens is 2. The average Bonchev–Trinajstić information content (AvgIpc) is 2.82. The van der Waals surface area contributed by atoms with Crippen LogP contribution in [0.2, 0.25) is 0 Å².